The van der Waals surface area contributed by atoms with Gasteiger partial charge in [-0.15, -0.1) is 0 Å². The molecule has 2 unspecified atom stereocenters. The molecular formula is C18H31NO5. The summed E-state index contributed by atoms with van der Waals surface area (Å²) in [5.74, 6) is -1.02. The number of aliphatic carboxylic acids is 1. The second-order valence-corrected chi connectivity index (χ2v) is 9.27. The van der Waals surface area contributed by atoms with Crippen molar-refractivity contribution in [3.05, 3.63) is 0 Å². The topological polar surface area (TPSA) is 87.1 Å². The van der Waals surface area contributed by atoms with E-state index in [0.29, 0.717) is 19.4 Å². The lowest BCUT2D eigenvalue weighted by Gasteiger charge is -2.49. The van der Waals surface area contributed by atoms with Crippen molar-refractivity contribution in [2.45, 2.75) is 77.9 Å². The highest BCUT2D eigenvalue weighted by atomic mass is 16.6. The molecule has 0 aromatic heterocycles. The summed E-state index contributed by atoms with van der Waals surface area (Å²) in [5.41, 5.74) is -3.34. The summed E-state index contributed by atoms with van der Waals surface area (Å²) in [6.07, 6.45) is 2.42. The van der Waals surface area contributed by atoms with Crippen molar-refractivity contribution in [3.63, 3.8) is 0 Å². The van der Waals surface area contributed by atoms with Gasteiger partial charge < -0.3 is 19.8 Å². The molecule has 24 heavy (non-hydrogen) atoms. The Hall–Kier alpha value is -1.30. The average Bonchev–Trinajstić information content (AvgIpc) is 2.81. The summed E-state index contributed by atoms with van der Waals surface area (Å²) in [7, 11) is 0. The first-order valence-corrected chi connectivity index (χ1v) is 8.74. The van der Waals surface area contributed by atoms with Crippen molar-refractivity contribution in [2.24, 2.45) is 10.8 Å². The Morgan fingerprint density at radius 1 is 1.12 bits per heavy atom. The van der Waals surface area contributed by atoms with Crippen LogP contribution in [0.1, 0.15) is 66.7 Å². The Kier molecular flexibility index (Phi) is 4.68. The molecule has 1 aliphatic heterocycles. The quantitative estimate of drug-likeness (QED) is 0.806. The zero-order valence-electron chi connectivity index (χ0n) is 15.5. The molecule has 2 fully saturated rings. The van der Waals surface area contributed by atoms with E-state index in [9.17, 15) is 19.8 Å². The van der Waals surface area contributed by atoms with Crippen LogP contribution in [0.3, 0.4) is 0 Å². The van der Waals surface area contributed by atoms with E-state index >= 15 is 0 Å². The van der Waals surface area contributed by atoms with Gasteiger partial charge in [0.15, 0.2) is 0 Å². The minimum absolute atomic E-state index is 0.00380. The molecule has 1 saturated carbocycles. The predicted octanol–water partition coefficient (Wildman–Crippen LogP) is 3.03. The third kappa shape index (κ3) is 3.53. The van der Waals surface area contributed by atoms with Gasteiger partial charge in [-0.1, -0.05) is 20.3 Å². The van der Waals surface area contributed by atoms with Crippen LogP contribution in [0, 0.1) is 10.8 Å². The Labute approximate surface area is 144 Å². The van der Waals surface area contributed by atoms with E-state index in [1.807, 2.05) is 0 Å². The van der Waals surface area contributed by atoms with Crippen molar-refractivity contribution in [2.75, 3.05) is 13.1 Å². The third-order valence-electron chi connectivity index (χ3n) is 5.44. The van der Waals surface area contributed by atoms with Crippen molar-refractivity contribution in [3.8, 4) is 0 Å². The van der Waals surface area contributed by atoms with Crippen molar-refractivity contribution >= 4 is 12.1 Å². The lowest BCUT2D eigenvalue weighted by molar-refractivity contribution is -0.179. The molecule has 0 aromatic rings. The van der Waals surface area contributed by atoms with Crippen LogP contribution in [0.15, 0.2) is 0 Å². The Morgan fingerprint density at radius 2 is 1.75 bits per heavy atom. The first-order valence-electron chi connectivity index (χ1n) is 8.74. The molecule has 0 bridgehead atoms. The third-order valence-corrected chi connectivity index (χ3v) is 5.44. The number of amides is 1. The van der Waals surface area contributed by atoms with Gasteiger partial charge in [0.05, 0.1) is 5.60 Å². The van der Waals surface area contributed by atoms with Crippen molar-refractivity contribution in [1.82, 2.24) is 4.90 Å². The fraction of sp³-hybridized carbons (Fsp3) is 0.889. The van der Waals surface area contributed by atoms with Crippen molar-refractivity contribution < 1.29 is 24.5 Å². The first-order chi connectivity index (χ1) is 10.8. The van der Waals surface area contributed by atoms with Crippen LogP contribution in [-0.4, -0.2) is 51.5 Å². The summed E-state index contributed by atoms with van der Waals surface area (Å²) in [6.45, 7) is 9.77. The van der Waals surface area contributed by atoms with Gasteiger partial charge in [0.2, 0.25) is 0 Å². The summed E-state index contributed by atoms with van der Waals surface area (Å²) in [5, 5.41) is 21.2. The van der Waals surface area contributed by atoms with Crippen LogP contribution >= 0.6 is 0 Å². The predicted molar refractivity (Wildman–Crippen MR) is 89.7 cm³/mol. The number of hydrogen-bond donors (Lipinski definition) is 2. The van der Waals surface area contributed by atoms with E-state index in [0.717, 1.165) is 12.8 Å². The fourth-order valence-electron chi connectivity index (χ4n) is 4.28. The lowest BCUT2D eigenvalue weighted by atomic mass is 9.58. The number of carboxylic acids is 1. The average molecular weight is 341 g/mol. The normalized spacial score (nSPS) is 33.3. The minimum atomic E-state index is -1.32. The van der Waals surface area contributed by atoms with Crippen LogP contribution in [0.5, 0.6) is 0 Å². The number of aliphatic hydroxyl groups is 1. The summed E-state index contributed by atoms with van der Waals surface area (Å²) in [6, 6.07) is 0. The van der Waals surface area contributed by atoms with Crippen LogP contribution in [0.2, 0.25) is 0 Å². The van der Waals surface area contributed by atoms with Gasteiger partial charge in [-0.2, -0.15) is 0 Å². The Morgan fingerprint density at radius 3 is 2.25 bits per heavy atom. The minimum Gasteiger partial charge on any atom is -0.481 e. The highest BCUT2D eigenvalue weighted by molar-refractivity contribution is 5.79. The number of carbonyl (C=O) groups is 2. The first kappa shape index (κ1) is 19.0. The van der Waals surface area contributed by atoms with Gasteiger partial charge in [0, 0.05) is 13.1 Å². The molecule has 6 nitrogen and oxygen atoms in total. The zero-order chi connectivity index (χ0) is 18.4. The van der Waals surface area contributed by atoms with E-state index in [4.69, 9.17) is 4.74 Å². The van der Waals surface area contributed by atoms with Crippen LogP contribution < -0.4 is 0 Å². The number of nitrogens with zero attached hydrogens (tertiary/aromatic N) is 1. The lowest BCUT2D eigenvalue weighted by Crippen LogP contribution is -2.58. The van der Waals surface area contributed by atoms with Crippen LogP contribution in [0.4, 0.5) is 4.79 Å². The fourth-order valence-corrected chi connectivity index (χ4v) is 4.28. The van der Waals surface area contributed by atoms with Crippen LogP contribution in [0.25, 0.3) is 0 Å². The second-order valence-electron chi connectivity index (χ2n) is 9.27. The molecule has 0 aromatic carbocycles. The molecule has 1 heterocycles. The maximum atomic E-state index is 12.3. The van der Waals surface area contributed by atoms with E-state index in [1.165, 1.54) is 4.90 Å². The number of rotatable bonds is 2. The molecule has 2 N–H and O–H groups in total. The number of carboxylic acid groups (broad SMARTS) is 1. The van der Waals surface area contributed by atoms with Gasteiger partial charge >= 0.3 is 12.1 Å². The largest absolute Gasteiger partial charge is 0.481 e. The van der Waals surface area contributed by atoms with E-state index in [-0.39, 0.29) is 18.4 Å². The smallest absolute Gasteiger partial charge is 0.410 e. The van der Waals surface area contributed by atoms with E-state index < -0.39 is 28.7 Å². The maximum absolute atomic E-state index is 12.3. The summed E-state index contributed by atoms with van der Waals surface area (Å²) in [4.78, 5) is 25.9. The van der Waals surface area contributed by atoms with Crippen LogP contribution in [-0.2, 0) is 9.53 Å². The Balaban J connectivity index is 2.25. The standard InChI is InChI=1S/C18H31NO5/c1-15(2,3)24-14(22)19-10-9-17(12-19,13(20)21)18(23)8-6-7-16(4,5)11-18/h23H,6-12H2,1-5H3,(H,20,21). The van der Waals surface area contributed by atoms with E-state index in [1.54, 1.807) is 20.8 Å². The second kappa shape index (κ2) is 5.90. The highest BCUT2D eigenvalue weighted by Gasteiger charge is 2.62. The van der Waals surface area contributed by atoms with E-state index in [2.05, 4.69) is 13.8 Å². The number of hydrogen-bond acceptors (Lipinski definition) is 4. The molecule has 138 valence electrons. The molecule has 1 saturated heterocycles. The van der Waals surface area contributed by atoms with Gasteiger partial charge in [-0.25, -0.2) is 4.79 Å². The molecular weight excluding hydrogens is 310 g/mol. The molecule has 1 aliphatic carbocycles. The number of carbonyl (C=O) groups excluding carboxylic acids is 1. The Bertz CT molecular complexity index is 524. The monoisotopic (exact) mass is 341 g/mol. The number of ether oxygens (including phenoxy) is 1. The molecule has 0 spiro atoms. The summed E-state index contributed by atoms with van der Waals surface area (Å²) >= 11 is 0. The highest BCUT2D eigenvalue weighted by Crippen LogP contribution is 2.53. The molecule has 1 amide bonds. The molecule has 2 aliphatic rings. The SMILES string of the molecule is CC1(C)CCCC(O)(C2(C(=O)O)CCN(C(=O)OC(C)(C)C)C2)C1. The molecule has 2 rings (SSSR count). The van der Waals surface area contributed by atoms with Gasteiger partial charge in [-0.05, 0) is 51.9 Å². The molecule has 0 radical (unpaired) electrons. The maximum Gasteiger partial charge on any atom is 0.410 e. The van der Waals surface area contributed by atoms with Gasteiger partial charge in [-0.3, -0.25) is 4.79 Å². The van der Waals surface area contributed by atoms with Crippen molar-refractivity contribution in [1.29, 1.82) is 0 Å². The molecule has 2 atom stereocenters. The number of likely N-dealkylation sites (tertiary alicyclic amines) is 1. The van der Waals surface area contributed by atoms with Gasteiger partial charge in [0.1, 0.15) is 11.0 Å². The summed E-state index contributed by atoms with van der Waals surface area (Å²) < 4.78 is 5.37. The zero-order valence-corrected chi connectivity index (χ0v) is 15.5. The van der Waals surface area contributed by atoms with Gasteiger partial charge in [0.25, 0.3) is 0 Å². The molecule has 6 heteroatoms.